The molecular formula is C11H16Cl3N3O. The third-order valence-corrected chi connectivity index (χ3v) is 3.90. The van der Waals surface area contributed by atoms with Crippen LogP contribution < -0.4 is 10.6 Å². The van der Waals surface area contributed by atoms with Gasteiger partial charge in [-0.3, -0.25) is 4.79 Å². The molecule has 0 bridgehead atoms. The fourth-order valence-corrected chi connectivity index (χ4v) is 2.37. The highest BCUT2D eigenvalue weighted by atomic mass is 35.5. The highest BCUT2D eigenvalue weighted by Crippen LogP contribution is 2.29. The van der Waals surface area contributed by atoms with Crippen LogP contribution in [0.2, 0.25) is 10.0 Å². The Labute approximate surface area is 122 Å². The van der Waals surface area contributed by atoms with Gasteiger partial charge in [0.25, 0.3) is 5.91 Å². The lowest BCUT2D eigenvalue weighted by atomic mass is 10.1. The van der Waals surface area contributed by atoms with E-state index in [9.17, 15) is 4.79 Å². The van der Waals surface area contributed by atoms with E-state index in [0.717, 1.165) is 25.9 Å². The number of hydrogen-bond donors (Lipinski definition) is 3. The smallest absolute Gasteiger partial charge is 0.269 e. The Kier molecular flexibility index (Phi) is 5.79. The zero-order valence-electron chi connectivity index (χ0n) is 9.98. The van der Waals surface area contributed by atoms with Crippen molar-refractivity contribution >= 4 is 41.5 Å². The number of carbonyl (C=O) groups is 1. The van der Waals surface area contributed by atoms with E-state index in [1.165, 1.54) is 0 Å². The van der Waals surface area contributed by atoms with Gasteiger partial charge in [-0.25, -0.2) is 0 Å². The average molecular weight is 313 g/mol. The third-order valence-electron chi connectivity index (χ3n) is 2.96. The first-order valence-corrected chi connectivity index (χ1v) is 6.40. The Balaban J connectivity index is 0.00000162. The third kappa shape index (κ3) is 3.32. The molecule has 1 fully saturated rings. The first kappa shape index (κ1) is 15.6. The summed E-state index contributed by atoms with van der Waals surface area (Å²) in [6.45, 7) is 3.65. The minimum Gasteiger partial charge on any atom is -0.352 e. The molecule has 1 amide bonds. The van der Waals surface area contributed by atoms with Crippen molar-refractivity contribution in [3.05, 3.63) is 21.4 Å². The SMILES string of the molecule is Cc1[nH]c(C(=O)NC2CCNCC2)c(Cl)c1Cl.Cl. The van der Waals surface area contributed by atoms with Gasteiger partial charge in [0.05, 0.1) is 10.0 Å². The second-order valence-corrected chi connectivity index (χ2v) is 5.01. The van der Waals surface area contributed by atoms with Crippen LogP contribution in [0.5, 0.6) is 0 Å². The number of aromatic amines is 1. The van der Waals surface area contributed by atoms with Crippen molar-refractivity contribution in [3.8, 4) is 0 Å². The zero-order chi connectivity index (χ0) is 12.4. The molecule has 0 radical (unpaired) electrons. The Morgan fingerprint density at radius 3 is 2.39 bits per heavy atom. The van der Waals surface area contributed by atoms with Crippen molar-refractivity contribution < 1.29 is 4.79 Å². The van der Waals surface area contributed by atoms with Gasteiger partial charge in [-0.15, -0.1) is 12.4 Å². The van der Waals surface area contributed by atoms with Crippen molar-refractivity contribution in [1.82, 2.24) is 15.6 Å². The quantitative estimate of drug-likeness (QED) is 0.786. The molecule has 102 valence electrons. The highest BCUT2D eigenvalue weighted by Gasteiger charge is 2.21. The van der Waals surface area contributed by atoms with Crippen LogP contribution in [0.3, 0.4) is 0 Å². The van der Waals surface area contributed by atoms with E-state index in [1.807, 2.05) is 0 Å². The minimum absolute atomic E-state index is 0. The molecule has 1 saturated heterocycles. The predicted octanol–water partition coefficient (Wildman–Crippen LogP) is 2.53. The summed E-state index contributed by atoms with van der Waals surface area (Å²) in [6.07, 6.45) is 1.88. The van der Waals surface area contributed by atoms with Gasteiger partial charge in [-0.1, -0.05) is 23.2 Å². The van der Waals surface area contributed by atoms with Gasteiger partial charge in [0.2, 0.25) is 0 Å². The molecule has 3 N–H and O–H groups in total. The summed E-state index contributed by atoms with van der Waals surface area (Å²) in [5.41, 5.74) is 1.07. The second-order valence-electron chi connectivity index (χ2n) is 4.25. The molecule has 0 atom stereocenters. The molecule has 1 aliphatic rings. The first-order chi connectivity index (χ1) is 8.09. The van der Waals surface area contributed by atoms with E-state index < -0.39 is 0 Å². The predicted molar refractivity (Wildman–Crippen MR) is 76.2 cm³/mol. The van der Waals surface area contributed by atoms with Crippen LogP contribution in [0.1, 0.15) is 29.0 Å². The minimum atomic E-state index is -0.183. The fraction of sp³-hybridized carbons (Fsp3) is 0.545. The van der Waals surface area contributed by atoms with Crippen LogP contribution in [0.15, 0.2) is 0 Å². The average Bonchev–Trinajstić information content (AvgIpc) is 2.58. The van der Waals surface area contributed by atoms with E-state index in [2.05, 4.69) is 15.6 Å². The molecule has 4 nitrogen and oxygen atoms in total. The zero-order valence-corrected chi connectivity index (χ0v) is 12.3. The van der Waals surface area contributed by atoms with Crippen molar-refractivity contribution in [1.29, 1.82) is 0 Å². The summed E-state index contributed by atoms with van der Waals surface area (Å²) in [7, 11) is 0. The monoisotopic (exact) mass is 311 g/mol. The lowest BCUT2D eigenvalue weighted by Crippen LogP contribution is -2.42. The molecule has 1 aromatic rings. The maximum absolute atomic E-state index is 12.0. The van der Waals surface area contributed by atoms with Gasteiger partial charge < -0.3 is 15.6 Å². The molecule has 0 unspecified atom stereocenters. The van der Waals surface area contributed by atoms with Gasteiger partial charge in [-0.05, 0) is 32.9 Å². The summed E-state index contributed by atoms with van der Waals surface area (Å²) in [5.74, 6) is -0.183. The number of nitrogens with one attached hydrogen (secondary N) is 3. The first-order valence-electron chi connectivity index (χ1n) is 5.64. The molecule has 0 aromatic carbocycles. The normalized spacial score (nSPS) is 16.2. The number of amides is 1. The topological polar surface area (TPSA) is 56.9 Å². The van der Waals surface area contributed by atoms with E-state index in [-0.39, 0.29) is 24.4 Å². The number of H-pyrrole nitrogens is 1. The molecule has 0 aliphatic carbocycles. The van der Waals surface area contributed by atoms with Gasteiger partial charge in [0.15, 0.2) is 0 Å². The van der Waals surface area contributed by atoms with Crippen molar-refractivity contribution in [2.45, 2.75) is 25.8 Å². The Morgan fingerprint density at radius 2 is 1.89 bits per heavy atom. The summed E-state index contributed by atoms with van der Waals surface area (Å²) >= 11 is 11.9. The lowest BCUT2D eigenvalue weighted by Gasteiger charge is -2.23. The van der Waals surface area contributed by atoms with Crippen molar-refractivity contribution in [2.24, 2.45) is 0 Å². The van der Waals surface area contributed by atoms with E-state index in [4.69, 9.17) is 23.2 Å². The number of hydrogen-bond acceptors (Lipinski definition) is 2. The standard InChI is InChI=1S/C11H15Cl2N3O.ClH/c1-6-8(12)9(13)10(15-6)11(17)16-7-2-4-14-5-3-7;/h7,14-15H,2-5H2,1H3,(H,16,17);1H. The Morgan fingerprint density at radius 1 is 1.28 bits per heavy atom. The summed E-state index contributed by atoms with van der Waals surface area (Å²) in [5, 5.41) is 6.93. The molecule has 0 saturated carbocycles. The molecule has 18 heavy (non-hydrogen) atoms. The number of carbonyl (C=O) groups excluding carboxylic acids is 1. The Hall–Kier alpha value is -0.420. The number of piperidine rings is 1. The van der Waals surface area contributed by atoms with Gasteiger partial charge in [-0.2, -0.15) is 0 Å². The van der Waals surface area contributed by atoms with Crippen molar-refractivity contribution in [2.75, 3.05) is 13.1 Å². The lowest BCUT2D eigenvalue weighted by molar-refractivity contribution is 0.0925. The molecule has 1 aliphatic heterocycles. The van der Waals surface area contributed by atoms with Crippen LogP contribution in [0.25, 0.3) is 0 Å². The van der Waals surface area contributed by atoms with Crippen LogP contribution in [-0.2, 0) is 0 Å². The van der Waals surface area contributed by atoms with Gasteiger partial charge >= 0.3 is 0 Å². The van der Waals surface area contributed by atoms with Crippen LogP contribution in [0, 0.1) is 6.92 Å². The number of aromatic nitrogens is 1. The van der Waals surface area contributed by atoms with E-state index in [0.29, 0.717) is 21.4 Å². The largest absolute Gasteiger partial charge is 0.352 e. The second kappa shape index (κ2) is 6.66. The molecule has 2 heterocycles. The van der Waals surface area contributed by atoms with Gasteiger partial charge in [0.1, 0.15) is 5.69 Å². The number of rotatable bonds is 2. The maximum Gasteiger partial charge on any atom is 0.269 e. The van der Waals surface area contributed by atoms with Crippen LogP contribution in [0.4, 0.5) is 0 Å². The number of halogens is 3. The summed E-state index contributed by atoms with van der Waals surface area (Å²) in [6, 6.07) is 0.210. The maximum atomic E-state index is 12.0. The van der Waals surface area contributed by atoms with Crippen LogP contribution >= 0.6 is 35.6 Å². The van der Waals surface area contributed by atoms with Crippen molar-refractivity contribution in [3.63, 3.8) is 0 Å². The highest BCUT2D eigenvalue weighted by molar-refractivity contribution is 6.44. The fourth-order valence-electron chi connectivity index (χ4n) is 1.95. The molecule has 2 rings (SSSR count). The van der Waals surface area contributed by atoms with E-state index in [1.54, 1.807) is 6.92 Å². The van der Waals surface area contributed by atoms with Crippen LogP contribution in [-0.4, -0.2) is 30.0 Å². The molecule has 7 heteroatoms. The molecule has 0 spiro atoms. The number of aryl methyl sites for hydroxylation is 1. The summed E-state index contributed by atoms with van der Waals surface area (Å²) < 4.78 is 0. The summed E-state index contributed by atoms with van der Waals surface area (Å²) in [4.78, 5) is 14.9. The van der Waals surface area contributed by atoms with Gasteiger partial charge in [0, 0.05) is 11.7 Å². The Bertz CT molecular complexity index is 427. The van der Waals surface area contributed by atoms with E-state index >= 15 is 0 Å². The molecular weight excluding hydrogens is 296 g/mol. The molecule has 1 aromatic heterocycles.